The molecule has 2 aliphatic rings. The van der Waals surface area contributed by atoms with E-state index in [1.165, 1.54) is 12.1 Å². The van der Waals surface area contributed by atoms with Gasteiger partial charge in [0.25, 0.3) is 5.91 Å². The highest BCUT2D eigenvalue weighted by molar-refractivity contribution is 5.94. The lowest BCUT2D eigenvalue weighted by Crippen LogP contribution is -2.42. The third-order valence-electron chi connectivity index (χ3n) is 5.39. The monoisotopic (exact) mass is 412 g/mol. The van der Waals surface area contributed by atoms with Crippen LogP contribution in [0.25, 0.3) is 0 Å². The summed E-state index contributed by atoms with van der Waals surface area (Å²) in [6.45, 7) is 6.89. The standard InChI is InChI=1S/C20H27F3N4O2/c1-2-24-18(27-11-7-19(13-27)8-12-29-14-19)26-10-9-25-17(28)15-3-5-16(6-4-15)20(21,22)23/h3-6H,2,7-14H2,1H3,(H,24,26)(H,25,28). The molecule has 0 bridgehead atoms. The maximum Gasteiger partial charge on any atom is 0.416 e. The molecule has 0 aromatic heterocycles. The van der Waals surface area contributed by atoms with E-state index in [0.29, 0.717) is 13.1 Å². The Hall–Kier alpha value is -2.29. The average molecular weight is 412 g/mol. The minimum absolute atomic E-state index is 0.191. The van der Waals surface area contributed by atoms with Crippen molar-refractivity contribution in [3.05, 3.63) is 35.4 Å². The van der Waals surface area contributed by atoms with Crippen molar-refractivity contribution in [2.24, 2.45) is 10.4 Å². The molecule has 0 radical (unpaired) electrons. The second kappa shape index (κ2) is 9.02. The Morgan fingerprint density at radius 3 is 2.62 bits per heavy atom. The van der Waals surface area contributed by atoms with E-state index < -0.39 is 17.6 Å². The Morgan fingerprint density at radius 1 is 1.24 bits per heavy atom. The highest BCUT2D eigenvalue weighted by atomic mass is 19.4. The first kappa shape index (κ1) is 21.4. The Labute approximate surface area is 168 Å². The molecule has 1 atom stereocenters. The fraction of sp³-hybridized carbons (Fsp3) is 0.600. The molecule has 1 spiro atoms. The number of hydrogen-bond donors (Lipinski definition) is 2. The number of likely N-dealkylation sites (tertiary alicyclic amines) is 1. The molecule has 2 heterocycles. The fourth-order valence-electron chi connectivity index (χ4n) is 3.76. The van der Waals surface area contributed by atoms with Gasteiger partial charge in [0, 0.05) is 43.8 Å². The molecule has 1 amide bonds. The third kappa shape index (κ3) is 5.41. The normalized spacial score (nSPS) is 22.3. The summed E-state index contributed by atoms with van der Waals surface area (Å²) in [6.07, 6.45) is -2.25. The van der Waals surface area contributed by atoms with Gasteiger partial charge in [-0.25, -0.2) is 0 Å². The van der Waals surface area contributed by atoms with Crippen molar-refractivity contribution in [2.45, 2.75) is 25.9 Å². The minimum atomic E-state index is -4.41. The van der Waals surface area contributed by atoms with Crippen LogP contribution in [0.3, 0.4) is 0 Å². The predicted molar refractivity (Wildman–Crippen MR) is 104 cm³/mol. The molecule has 0 saturated carbocycles. The molecule has 2 N–H and O–H groups in total. The smallest absolute Gasteiger partial charge is 0.381 e. The van der Waals surface area contributed by atoms with Crippen molar-refractivity contribution >= 4 is 11.9 Å². The zero-order chi connectivity index (χ0) is 20.9. The van der Waals surface area contributed by atoms with E-state index in [1.54, 1.807) is 0 Å². The Bertz CT molecular complexity index is 728. The van der Waals surface area contributed by atoms with Crippen LogP contribution in [0.4, 0.5) is 13.2 Å². The van der Waals surface area contributed by atoms with E-state index in [1.807, 2.05) is 6.92 Å². The van der Waals surface area contributed by atoms with Crippen LogP contribution in [-0.2, 0) is 10.9 Å². The molecule has 2 fully saturated rings. The van der Waals surface area contributed by atoms with Gasteiger partial charge in [-0.3, -0.25) is 9.79 Å². The van der Waals surface area contributed by atoms with E-state index >= 15 is 0 Å². The Balaban J connectivity index is 1.50. The summed E-state index contributed by atoms with van der Waals surface area (Å²) in [7, 11) is 0. The van der Waals surface area contributed by atoms with Crippen molar-refractivity contribution in [1.29, 1.82) is 0 Å². The molecule has 2 saturated heterocycles. The predicted octanol–water partition coefficient (Wildman–Crippen LogP) is 2.51. The summed E-state index contributed by atoms with van der Waals surface area (Å²) >= 11 is 0. The maximum atomic E-state index is 12.6. The van der Waals surface area contributed by atoms with Gasteiger partial charge in [0.05, 0.1) is 18.7 Å². The number of ether oxygens (including phenoxy) is 1. The zero-order valence-corrected chi connectivity index (χ0v) is 16.5. The van der Waals surface area contributed by atoms with Crippen molar-refractivity contribution in [3.63, 3.8) is 0 Å². The number of aliphatic imine (C=N–C) groups is 1. The summed E-state index contributed by atoms with van der Waals surface area (Å²) in [5.41, 5.74) is -0.353. The van der Waals surface area contributed by atoms with Gasteiger partial charge in [0.15, 0.2) is 5.96 Å². The highest BCUT2D eigenvalue weighted by Gasteiger charge is 2.42. The number of carbonyl (C=O) groups excluding carboxylic acids is 1. The lowest BCUT2D eigenvalue weighted by Gasteiger charge is -2.25. The molecule has 9 heteroatoms. The average Bonchev–Trinajstić information content (AvgIpc) is 3.33. The maximum absolute atomic E-state index is 12.6. The zero-order valence-electron chi connectivity index (χ0n) is 16.5. The van der Waals surface area contributed by atoms with Gasteiger partial charge in [0.2, 0.25) is 0 Å². The third-order valence-corrected chi connectivity index (χ3v) is 5.39. The summed E-state index contributed by atoms with van der Waals surface area (Å²) in [5, 5.41) is 5.99. The number of alkyl halides is 3. The number of guanidine groups is 1. The van der Waals surface area contributed by atoms with Gasteiger partial charge in [0.1, 0.15) is 0 Å². The van der Waals surface area contributed by atoms with Crippen LogP contribution in [0.2, 0.25) is 0 Å². The van der Waals surface area contributed by atoms with Crippen molar-refractivity contribution < 1.29 is 22.7 Å². The number of nitrogens with one attached hydrogen (secondary N) is 2. The van der Waals surface area contributed by atoms with Crippen LogP contribution in [0, 0.1) is 5.41 Å². The molecule has 1 unspecified atom stereocenters. The molecule has 29 heavy (non-hydrogen) atoms. The first-order chi connectivity index (χ1) is 13.8. The van der Waals surface area contributed by atoms with E-state index in [4.69, 9.17) is 4.74 Å². The number of rotatable bonds is 5. The quantitative estimate of drug-likeness (QED) is 0.443. The van der Waals surface area contributed by atoms with Crippen molar-refractivity contribution in [2.75, 3.05) is 45.9 Å². The Morgan fingerprint density at radius 2 is 2.00 bits per heavy atom. The topological polar surface area (TPSA) is 66.0 Å². The number of carbonyl (C=O) groups is 1. The lowest BCUT2D eigenvalue weighted by atomic mass is 9.87. The number of benzene rings is 1. The van der Waals surface area contributed by atoms with Gasteiger partial charge in [-0.2, -0.15) is 13.2 Å². The number of nitrogens with zero attached hydrogens (tertiary/aromatic N) is 2. The first-order valence-electron chi connectivity index (χ1n) is 9.89. The van der Waals surface area contributed by atoms with Crippen LogP contribution >= 0.6 is 0 Å². The molecule has 160 valence electrons. The molecule has 1 aromatic carbocycles. The lowest BCUT2D eigenvalue weighted by molar-refractivity contribution is -0.137. The molecule has 1 aromatic rings. The van der Waals surface area contributed by atoms with Crippen LogP contribution in [0.15, 0.2) is 29.3 Å². The van der Waals surface area contributed by atoms with Gasteiger partial charge < -0.3 is 20.3 Å². The highest BCUT2D eigenvalue weighted by Crippen LogP contribution is 2.38. The van der Waals surface area contributed by atoms with E-state index in [0.717, 1.165) is 63.8 Å². The molecule has 6 nitrogen and oxygen atoms in total. The molecule has 2 aliphatic heterocycles. The summed E-state index contributed by atoms with van der Waals surface area (Å²) < 4.78 is 43.4. The van der Waals surface area contributed by atoms with E-state index in [-0.39, 0.29) is 11.0 Å². The Kier molecular flexibility index (Phi) is 6.66. The number of hydrogen-bond acceptors (Lipinski definition) is 3. The van der Waals surface area contributed by atoms with E-state index in [2.05, 4.69) is 20.5 Å². The van der Waals surface area contributed by atoms with Gasteiger partial charge >= 0.3 is 6.18 Å². The van der Waals surface area contributed by atoms with Crippen molar-refractivity contribution in [3.8, 4) is 0 Å². The van der Waals surface area contributed by atoms with Crippen molar-refractivity contribution in [1.82, 2.24) is 15.5 Å². The summed E-state index contributed by atoms with van der Waals surface area (Å²) in [6, 6.07) is 4.18. The second-order valence-electron chi connectivity index (χ2n) is 7.54. The van der Waals surface area contributed by atoms with Gasteiger partial charge in [-0.1, -0.05) is 0 Å². The summed E-state index contributed by atoms with van der Waals surface area (Å²) in [4.78, 5) is 18.9. The van der Waals surface area contributed by atoms with Crippen LogP contribution in [0.5, 0.6) is 0 Å². The van der Waals surface area contributed by atoms with Gasteiger partial charge in [-0.15, -0.1) is 0 Å². The minimum Gasteiger partial charge on any atom is -0.381 e. The van der Waals surface area contributed by atoms with Crippen LogP contribution < -0.4 is 10.6 Å². The fourth-order valence-corrected chi connectivity index (χ4v) is 3.76. The molecular weight excluding hydrogens is 385 g/mol. The van der Waals surface area contributed by atoms with Crippen LogP contribution in [0.1, 0.15) is 35.7 Å². The number of halogens is 3. The SMILES string of the molecule is CCNC(=NCCNC(=O)c1ccc(C(F)(F)F)cc1)N1CCC2(CCOC2)C1. The molecular formula is C20H27F3N4O2. The van der Waals surface area contributed by atoms with Crippen LogP contribution in [-0.4, -0.2) is 62.7 Å². The first-order valence-corrected chi connectivity index (χ1v) is 9.89. The van der Waals surface area contributed by atoms with E-state index in [9.17, 15) is 18.0 Å². The second-order valence-corrected chi connectivity index (χ2v) is 7.54. The summed E-state index contributed by atoms with van der Waals surface area (Å²) in [5.74, 6) is 0.405. The molecule has 0 aliphatic carbocycles. The number of amides is 1. The van der Waals surface area contributed by atoms with Gasteiger partial charge in [-0.05, 0) is 44.0 Å². The largest absolute Gasteiger partial charge is 0.416 e. The molecule has 3 rings (SSSR count).